The van der Waals surface area contributed by atoms with Crippen LogP contribution in [0.4, 0.5) is 5.82 Å². The van der Waals surface area contributed by atoms with Crippen molar-refractivity contribution in [2.24, 2.45) is 11.8 Å². The third-order valence-electron chi connectivity index (χ3n) is 5.42. The van der Waals surface area contributed by atoms with E-state index >= 15 is 0 Å². The van der Waals surface area contributed by atoms with Crippen molar-refractivity contribution < 1.29 is 0 Å². The molecule has 0 spiro atoms. The van der Waals surface area contributed by atoms with Crippen LogP contribution in [-0.4, -0.2) is 35.1 Å². The second kappa shape index (κ2) is 3.92. The van der Waals surface area contributed by atoms with Crippen molar-refractivity contribution in [3.05, 3.63) is 30.5 Å². The second-order valence-corrected chi connectivity index (χ2v) is 6.41. The molecular formula is C16H18N4. The van der Waals surface area contributed by atoms with Gasteiger partial charge in [0.1, 0.15) is 5.82 Å². The average molecular weight is 266 g/mol. The highest BCUT2D eigenvalue weighted by atomic mass is 15.3. The molecule has 3 aliphatic rings. The number of anilines is 1. The molecule has 0 aliphatic carbocycles. The summed E-state index contributed by atoms with van der Waals surface area (Å²) in [6.07, 6.45) is 4.67. The van der Waals surface area contributed by atoms with E-state index in [1.54, 1.807) is 0 Å². The van der Waals surface area contributed by atoms with Gasteiger partial charge in [0, 0.05) is 25.2 Å². The highest BCUT2D eigenvalue weighted by Crippen LogP contribution is 2.43. The number of nitrogens with one attached hydrogen (secondary N) is 1. The summed E-state index contributed by atoms with van der Waals surface area (Å²) in [5.41, 5.74) is 1.99. The van der Waals surface area contributed by atoms with Crippen LogP contribution in [0.2, 0.25) is 0 Å². The number of aromatic nitrogens is 2. The molecule has 4 nitrogen and oxygen atoms in total. The summed E-state index contributed by atoms with van der Waals surface area (Å²) in [5, 5.41) is 3.77. The molecule has 102 valence electrons. The first-order valence-corrected chi connectivity index (χ1v) is 7.61. The highest BCUT2D eigenvalue weighted by Gasteiger charge is 2.51. The summed E-state index contributed by atoms with van der Waals surface area (Å²) < 4.78 is 0. The molecule has 4 atom stereocenters. The van der Waals surface area contributed by atoms with Gasteiger partial charge < -0.3 is 10.2 Å². The molecule has 3 fully saturated rings. The van der Waals surface area contributed by atoms with Gasteiger partial charge in [-0.3, -0.25) is 4.98 Å². The van der Waals surface area contributed by atoms with Crippen LogP contribution in [0, 0.1) is 11.8 Å². The van der Waals surface area contributed by atoms with E-state index in [2.05, 4.69) is 15.2 Å². The Hall–Kier alpha value is -1.68. The number of nitrogens with zero attached hydrogens (tertiary/aromatic N) is 3. The van der Waals surface area contributed by atoms with Crippen LogP contribution in [0.3, 0.4) is 0 Å². The lowest BCUT2D eigenvalue weighted by Gasteiger charge is -2.19. The van der Waals surface area contributed by atoms with Crippen LogP contribution < -0.4 is 10.2 Å². The van der Waals surface area contributed by atoms with E-state index in [1.165, 1.54) is 12.8 Å². The summed E-state index contributed by atoms with van der Waals surface area (Å²) in [6.45, 7) is 2.29. The maximum absolute atomic E-state index is 4.80. The fraction of sp³-hybridized carbons (Fsp3) is 0.500. The molecule has 4 heterocycles. The van der Waals surface area contributed by atoms with E-state index in [9.17, 15) is 0 Å². The quantitative estimate of drug-likeness (QED) is 0.855. The maximum atomic E-state index is 4.80. The Morgan fingerprint density at radius 3 is 2.45 bits per heavy atom. The molecule has 1 aromatic heterocycles. The Bertz CT molecular complexity index is 652. The number of para-hydroxylation sites is 2. The Kier molecular flexibility index (Phi) is 2.16. The van der Waals surface area contributed by atoms with Crippen LogP contribution in [0.5, 0.6) is 0 Å². The molecule has 2 bridgehead atoms. The van der Waals surface area contributed by atoms with Gasteiger partial charge in [-0.25, -0.2) is 4.98 Å². The third kappa shape index (κ3) is 1.45. The van der Waals surface area contributed by atoms with E-state index in [-0.39, 0.29) is 0 Å². The monoisotopic (exact) mass is 266 g/mol. The predicted octanol–water partition coefficient (Wildman–Crippen LogP) is 1.82. The minimum Gasteiger partial charge on any atom is -0.355 e. The number of rotatable bonds is 1. The summed E-state index contributed by atoms with van der Waals surface area (Å²) >= 11 is 0. The number of fused-ring (bicyclic) bond motifs is 6. The van der Waals surface area contributed by atoms with Gasteiger partial charge in [0.2, 0.25) is 0 Å². The lowest BCUT2D eigenvalue weighted by atomic mass is 9.82. The Balaban J connectivity index is 1.48. The molecule has 3 aliphatic heterocycles. The molecule has 0 amide bonds. The smallest absolute Gasteiger partial charge is 0.147 e. The first kappa shape index (κ1) is 11.0. The molecule has 4 heteroatoms. The average Bonchev–Trinajstić information content (AvgIpc) is 3.19. The first-order valence-electron chi connectivity index (χ1n) is 7.61. The van der Waals surface area contributed by atoms with Crippen molar-refractivity contribution in [3.8, 4) is 0 Å². The molecule has 3 saturated heterocycles. The van der Waals surface area contributed by atoms with Crippen LogP contribution in [-0.2, 0) is 0 Å². The summed E-state index contributed by atoms with van der Waals surface area (Å²) in [6, 6.07) is 9.62. The molecule has 20 heavy (non-hydrogen) atoms. The van der Waals surface area contributed by atoms with Crippen LogP contribution in [0.25, 0.3) is 11.0 Å². The molecule has 0 radical (unpaired) electrons. The number of hydrogen-bond donors (Lipinski definition) is 1. The number of hydrogen-bond acceptors (Lipinski definition) is 4. The Labute approximate surface area is 118 Å². The molecule has 0 unspecified atom stereocenters. The predicted molar refractivity (Wildman–Crippen MR) is 78.7 cm³/mol. The topological polar surface area (TPSA) is 41.1 Å². The van der Waals surface area contributed by atoms with Crippen molar-refractivity contribution in [2.45, 2.75) is 24.9 Å². The fourth-order valence-corrected chi connectivity index (χ4v) is 4.47. The van der Waals surface area contributed by atoms with Gasteiger partial charge in [0.25, 0.3) is 0 Å². The standard InChI is InChI=1S/C16H18N4/c1-2-4-15-14(3-1)17-7-16(19-15)20-8-10-11(9-20)13-6-5-12(10)18-13/h1-4,7,10-13,18H,5-6,8-9H2/t10-,11+,12-,13+. The van der Waals surface area contributed by atoms with Crippen LogP contribution >= 0.6 is 0 Å². The van der Waals surface area contributed by atoms with Crippen molar-refractivity contribution >= 4 is 16.9 Å². The number of benzene rings is 1. The van der Waals surface area contributed by atoms with Gasteiger partial charge in [-0.1, -0.05) is 12.1 Å². The lowest BCUT2D eigenvalue weighted by molar-refractivity contribution is 0.354. The zero-order valence-corrected chi connectivity index (χ0v) is 11.4. The van der Waals surface area contributed by atoms with Gasteiger partial charge in [0.05, 0.1) is 17.2 Å². The second-order valence-electron chi connectivity index (χ2n) is 6.41. The van der Waals surface area contributed by atoms with Crippen molar-refractivity contribution in [1.82, 2.24) is 15.3 Å². The van der Waals surface area contributed by atoms with Crippen molar-refractivity contribution in [1.29, 1.82) is 0 Å². The first-order chi connectivity index (χ1) is 9.88. The lowest BCUT2D eigenvalue weighted by Crippen LogP contribution is -2.31. The van der Waals surface area contributed by atoms with Gasteiger partial charge in [0.15, 0.2) is 0 Å². The minimum atomic E-state index is 0.753. The van der Waals surface area contributed by atoms with E-state index in [4.69, 9.17) is 4.98 Å². The fourth-order valence-electron chi connectivity index (χ4n) is 4.47. The molecule has 5 rings (SSSR count). The van der Waals surface area contributed by atoms with Crippen LogP contribution in [0.1, 0.15) is 12.8 Å². The SMILES string of the molecule is c1ccc2nc(N3C[C@@H]4[C@H](C3)[C@@H]3CC[C@H]4N3)cnc2c1. The molecule has 1 aromatic carbocycles. The maximum Gasteiger partial charge on any atom is 0.147 e. The molecular weight excluding hydrogens is 248 g/mol. The largest absolute Gasteiger partial charge is 0.355 e. The summed E-state index contributed by atoms with van der Waals surface area (Å²) in [4.78, 5) is 11.8. The van der Waals surface area contributed by atoms with Gasteiger partial charge in [-0.05, 0) is 36.8 Å². The molecule has 2 aromatic rings. The Morgan fingerprint density at radius 1 is 1.00 bits per heavy atom. The van der Waals surface area contributed by atoms with Gasteiger partial charge in [-0.15, -0.1) is 0 Å². The van der Waals surface area contributed by atoms with Gasteiger partial charge in [-0.2, -0.15) is 0 Å². The summed E-state index contributed by atoms with van der Waals surface area (Å²) in [5.74, 6) is 2.70. The summed E-state index contributed by atoms with van der Waals surface area (Å²) in [7, 11) is 0. The molecule has 1 N–H and O–H groups in total. The van der Waals surface area contributed by atoms with Crippen LogP contribution in [0.15, 0.2) is 30.5 Å². The normalized spacial score (nSPS) is 34.9. The van der Waals surface area contributed by atoms with E-state index in [1.807, 2.05) is 30.5 Å². The minimum absolute atomic E-state index is 0.753. The van der Waals surface area contributed by atoms with E-state index in [0.29, 0.717) is 0 Å². The van der Waals surface area contributed by atoms with E-state index < -0.39 is 0 Å². The van der Waals surface area contributed by atoms with Crippen molar-refractivity contribution in [2.75, 3.05) is 18.0 Å². The Morgan fingerprint density at radius 2 is 1.70 bits per heavy atom. The molecule has 0 saturated carbocycles. The third-order valence-corrected chi connectivity index (χ3v) is 5.42. The zero-order chi connectivity index (χ0) is 13.1. The highest BCUT2D eigenvalue weighted by molar-refractivity contribution is 5.75. The van der Waals surface area contributed by atoms with E-state index in [0.717, 1.165) is 53.9 Å². The van der Waals surface area contributed by atoms with Gasteiger partial charge >= 0.3 is 0 Å². The van der Waals surface area contributed by atoms with Crippen molar-refractivity contribution in [3.63, 3.8) is 0 Å². The zero-order valence-electron chi connectivity index (χ0n) is 11.4.